The Hall–Kier alpha value is -1.66. The van der Waals surface area contributed by atoms with E-state index in [9.17, 15) is 24.9 Å². The molecule has 1 heterocycles. The van der Waals surface area contributed by atoms with Crippen molar-refractivity contribution in [2.24, 2.45) is 34.5 Å². The lowest BCUT2D eigenvalue weighted by molar-refractivity contribution is -0.166. The lowest BCUT2D eigenvalue weighted by Gasteiger charge is -2.45. The summed E-state index contributed by atoms with van der Waals surface area (Å²) in [5, 5.41) is 31.6. The Balaban J connectivity index is 1.81. The van der Waals surface area contributed by atoms with Crippen LogP contribution in [0.2, 0.25) is 0 Å². The molecule has 1 spiro atoms. The summed E-state index contributed by atoms with van der Waals surface area (Å²) in [4.78, 5) is 25.1. The van der Waals surface area contributed by atoms with Gasteiger partial charge in [-0.15, -0.1) is 0 Å². The van der Waals surface area contributed by atoms with Gasteiger partial charge in [0.05, 0.1) is 18.1 Å². The van der Waals surface area contributed by atoms with Gasteiger partial charge in [-0.3, -0.25) is 9.59 Å². The zero-order valence-electron chi connectivity index (χ0n) is 14.0. The molecule has 6 heteroatoms. The third-order valence-corrected chi connectivity index (χ3v) is 7.99. The largest absolute Gasteiger partial charge is 0.481 e. The average Bonchev–Trinajstić information content (AvgIpc) is 2.99. The van der Waals surface area contributed by atoms with Crippen LogP contribution >= 0.6 is 0 Å². The number of allylic oxidation sites excluding steroid dienone is 1. The number of esters is 1. The van der Waals surface area contributed by atoms with Crippen LogP contribution in [-0.4, -0.2) is 45.1 Å². The fourth-order valence-corrected chi connectivity index (χ4v) is 7.22. The minimum absolute atomic E-state index is 0.112. The summed E-state index contributed by atoms with van der Waals surface area (Å²) in [5.41, 5.74) is -2.14. The zero-order chi connectivity index (χ0) is 17.9. The van der Waals surface area contributed by atoms with E-state index in [1.54, 1.807) is 19.1 Å². The molecule has 4 aliphatic carbocycles. The molecule has 3 N–H and O–H groups in total. The monoisotopic (exact) mass is 346 g/mol. The molecule has 0 aromatic carbocycles. The molecule has 0 amide bonds. The van der Waals surface area contributed by atoms with E-state index in [2.05, 4.69) is 6.58 Å². The first-order valence-corrected chi connectivity index (χ1v) is 8.88. The molecule has 0 radical (unpaired) electrons. The average molecular weight is 346 g/mol. The fourth-order valence-electron chi connectivity index (χ4n) is 7.22. The summed E-state index contributed by atoms with van der Waals surface area (Å²) in [6.07, 6.45) is 3.08. The lowest BCUT2D eigenvalue weighted by Crippen LogP contribution is -2.52. The second kappa shape index (κ2) is 4.18. The van der Waals surface area contributed by atoms with E-state index in [-0.39, 0.29) is 5.92 Å². The van der Waals surface area contributed by atoms with Crippen molar-refractivity contribution < 1.29 is 29.6 Å². The van der Waals surface area contributed by atoms with Gasteiger partial charge >= 0.3 is 11.9 Å². The van der Waals surface area contributed by atoms with Crippen LogP contribution in [0.4, 0.5) is 0 Å². The van der Waals surface area contributed by atoms with Crippen LogP contribution in [-0.2, 0) is 14.3 Å². The Bertz CT molecular complexity index is 757. The summed E-state index contributed by atoms with van der Waals surface area (Å²) in [7, 11) is 0. The number of aliphatic hydroxyl groups excluding tert-OH is 2. The van der Waals surface area contributed by atoms with E-state index in [0.717, 1.165) is 5.57 Å². The number of hydrogen-bond donors (Lipinski definition) is 3. The maximum Gasteiger partial charge on any atom is 0.316 e. The Morgan fingerprint density at radius 3 is 2.76 bits per heavy atom. The second-order valence-electron chi connectivity index (χ2n) is 8.87. The quantitative estimate of drug-likeness (QED) is 0.481. The minimum Gasteiger partial charge on any atom is -0.481 e. The molecule has 1 aliphatic heterocycles. The maximum absolute atomic E-state index is 12.7. The van der Waals surface area contributed by atoms with Crippen molar-refractivity contribution in [2.75, 3.05) is 0 Å². The molecule has 134 valence electrons. The molecule has 4 fully saturated rings. The van der Waals surface area contributed by atoms with Crippen LogP contribution < -0.4 is 0 Å². The van der Waals surface area contributed by atoms with Crippen molar-refractivity contribution in [3.8, 4) is 0 Å². The number of carboxylic acids is 1. The van der Waals surface area contributed by atoms with Crippen molar-refractivity contribution in [1.82, 2.24) is 0 Å². The molecule has 5 aliphatic rings. The van der Waals surface area contributed by atoms with Crippen molar-refractivity contribution in [3.05, 3.63) is 24.3 Å². The predicted molar refractivity (Wildman–Crippen MR) is 85.1 cm³/mol. The number of carbonyl (C=O) groups is 2. The van der Waals surface area contributed by atoms with Crippen molar-refractivity contribution >= 4 is 11.9 Å². The van der Waals surface area contributed by atoms with E-state index in [1.807, 2.05) is 0 Å². The number of carboxylic acid groups (broad SMARTS) is 1. The highest BCUT2D eigenvalue weighted by Gasteiger charge is 2.83. The Kier molecular flexibility index (Phi) is 2.60. The highest BCUT2D eigenvalue weighted by Crippen LogP contribution is 2.76. The molecule has 25 heavy (non-hydrogen) atoms. The Morgan fingerprint density at radius 2 is 2.08 bits per heavy atom. The van der Waals surface area contributed by atoms with E-state index < -0.39 is 58.3 Å². The third-order valence-electron chi connectivity index (χ3n) is 7.99. The van der Waals surface area contributed by atoms with Crippen molar-refractivity contribution in [3.63, 3.8) is 0 Å². The number of fused-ring (bicyclic) bond motifs is 1. The van der Waals surface area contributed by atoms with Crippen LogP contribution in [0.15, 0.2) is 24.3 Å². The minimum atomic E-state index is -1.30. The maximum atomic E-state index is 12.7. The molecule has 6 nitrogen and oxygen atoms in total. The first kappa shape index (κ1) is 15.6. The van der Waals surface area contributed by atoms with Gasteiger partial charge in [-0.1, -0.05) is 18.2 Å². The molecule has 0 aromatic rings. The highest BCUT2D eigenvalue weighted by atomic mass is 16.6. The first-order chi connectivity index (χ1) is 11.7. The summed E-state index contributed by atoms with van der Waals surface area (Å²) in [6, 6.07) is 0. The van der Waals surface area contributed by atoms with Crippen LogP contribution in [0.5, 0.6) is 0 Å². The van der Waals surface area contributed by atoms with Gasteiger partial charge in [0.2, 0.25) is 0 Å². The van der Waals surface area contributed by atoms with Crippen LogP contribution in [0.1, 0.15) is 26.2 Å². The number of aliphatic carboxylic acids is 1. The molecule has 1 saturated heterocycles. The van der Waals surface area contributed by atoms with Gasteiger partial charge in [0.1, 0.15) is 11.0 Å². The Morgan fingerprint density at radius 1 is 1.36 bits per heavy atom. The van der Waals surface area contributed by atoms with E-state index in [4.69, 9.17) is 4.74 Å². The molecular formula is C19H22O6. The third kappa shape index (κ3) is 1.40. The SMILES string of the molecule is C=C1C[C@]23CC1C[C@H](O)[C@H]2[C@@]12C=C[C@H](O)C(C)(C(=O)O1)[C@H]2[C@@H]3C(=O)O. The molecule has 0 aromatic heterocycles. The second-order valence-corrected chi connectivity index (χ2v) is 8.87. The summed E-state index contributed by atoms with van der Waals surface area (Å²) in [6.45, 7) is 5.73. The van der Waals surface area contributed by atoms with Crippen LogP contribution in [0.3, 0.4) is 0 Å². The lowest BCUT2D eigenvalue weighted by atomic mass is 9.61. The van der Waals surface area contributed by atoms with Crippen LogP contribution in [0, 0.1) is 34.5 Å². The summed E-state index contributed by atoms with van der Waals surface area (Å²) in [5.74, 6) is -3.45. The smallest absolute Gasteiger partial charge is 0.316 e. The molecule has 3 saturated carbocycles. The Labute approximate surface area is 145 Å². The molecule has 5 rings (SSSR count). The zero-order valence-corrected chi connectivity index (χ0v) is 14.0. The standard InChI is InChI=1S/C19H22O6/c1-8-6-18-7-9(8)5-10(20)13(18)19-4-3-11(21)17(2,16(24)25-19)14(19)12(18)15(22)23/h3-4,9-14,20-21H,1,5-7H2,2H3,(H,22,23)/t9?,10-,11-,12+,13+,14+,17?,18+,19+/m0/s1. The number of carbonyl (C=O) groups excluding carboxylic acids is 1. The topological polar surface area (TPSA) is 104 Å². The summed E-state index contributed by atoms with van der Waals surface area (Å²) >= 11 is 0. The van der Waals surface area contributed by atoms with E-state index in [0.29, 0.717) is 19.3 Å². The van der Waals surface area contributed by atoms with E-state index >= 15 is 0 Å². The van der Waals surface area contributed by atoms with Gasteiger partial charge in [0.15, 0.2) is 0 Å². The van der Waals surface area contributed by atoms with Gasteiger partial charge in [0.25, 0.3) is 0 Å². The normalized spacial score (nSPS) is 58.0. The number of rotatable bonds is 1. The van der Waals surface area contributed by atoms with Crippen LogP contribution in [0.25, 0.3) is 0 Å². The van der Waals surface area contributed by atoms with Crippen molar-refractivity contribution in [2.45, 2.75) is 44.0 Å². The predicted octanol–water partition coefficient (Wildman–Crippen LogP) is 0.883. The van der Waals surface area contributed by atoms with Gasteiger partial charge in [-0.2, -0.15) is 0 Å². The van der Waals surface area contributed by atoms with Gasteiger partial charge in [-0.05, 0) is 43.6 Å². The van der Waals surface area contributed by atoms with Gasteiger partial charge < -0.3 is 20.1 Å². The van der Waals surface area contributed by atoms with Crippen molar-refractivity contribution in [1.29, 1.82) is 0 Å². The number of ether oxygens (including phenoxy) is 1. The fraction of sp³-hybridized carbons (Fsp3) is 0.684. The molecule has 2 unspecified atom stereocenters. The summed E-state index contributed by atoms with van der Waals surface area (Å²) < 4.78 is 5.83. The van der Waals surface area contributed by atoms with Gasteiger partial charge in [-0.25, -0.2) is 0 Å². The number of hydrogen-bond acceptors (Lipinski definition) is 5. The number of aliphatic hydroxyl groups is 2. The van der Waals surface area contributed by atoms with E-state index in [1.165, 1.54) is 0 Å². The molecule has 9 atom stereocenters. The van der Waals surface area contributed by atoms with Gasteiger partial charge in [0, 0.05) is 11.8 Å². The highest BCUT2D eigenvalue weighted by molar-refractivity contribution is 5.86. The molecular weight excluding hydrogens is 324 g/mol. The first-order valence-electron chi connectivity index (χ1n) is 8.88. The molecule has 4 bridgehead atoms.